The zero-order chi connectivity index (χ0) is 13.3. The molecule has 0 aliphatic rings. The van der Waals surface area contributed by atoms with Crippen molar-refractivity contribution < 1.29 is 13.9 Å². The summed E-state index contributed by atoms with van der Waals surface area (Å²) in [5.74, 6) is -0.0181. The lowest BCUT2D eigenvalue weighted by Crippen LogP contribution is -2.11. The summed E-state index contributed by atoms with van der Waals surface area (Å²) in [6.45, 7) is 1.79. The van der Waals surface area contributed by atoms with E-state index in [1.54, 1.807) is 13.0 Å². The number of nitrogens with zero attached hydrogens (tertiary/aromatic N) is 2. The van der Waals surface area contributed by atoms with Gasteiger partial charge in [0.2, 0.25) is 0 Å². The van der Waals surface area contributed by atoms with Crippen LogP contribution in [0.15, 0.2) is 16.7 Å². The van der Waals surface area contributed by atoms with Gasteiger partial charge in [0.25, 0.3) is 0 Å². The maximum absolute atomic E-state index is 11.4. The minimum Gasteiger partial charge on any atom is -0.469 e. The lowest BCUT2D eigenvalue weighted by molar-refractivity contribution is 0.0595. The molecule has 0 aliphatic heterocycles. The Balaban J connectivity index is 2.52. The topological polar surface area (TPSA) is 91.2 Å². The van der Waals surface area contributed by atoms with Crippen molar-refractivity contribution in [2.24, 2.45) is 0 Å². The van der Waals surface area contributed by atoms with Crippen LogP contribution in [0.1, 0.15) is 16.2 Å². The molecule has 2 N–H and O–H groups in total. The number of nitrogen functional groups attached to an aromatic ring is 1. The summed E-state index contributed by atoms with van der Waals surface area (Å²) in [6, 6.07) is 1.74. The van der Waals surface area contributed by atoms with E-state index in [4.69, 9.17) is 21.8 Å². The minimum absolute atomic E-state index is 0.0416. The van der Waals surface area contributed by atoms with Gasteiger partial charge < -0.3 is 14.9 Å². The molecular formula is C11H10ClN3O3. The summed E-state index contributed by atoms with van der Waals surface area (Å²) in [6.07, 6.45) is 1.49. The molecule has 0 fully saturated rings. The number of aryl methyl sites for hydroxylation is 1. The number of hydrogen-bond donors (Lipinski definition) is 1. The van der Waals surface area contributed by atoms with Crippen LogP contribution in [0.2, 0.25) is 5.15 Å². The van der Waals surface area contributed by atoms with Crippen molar-refractivity contribution in [2.45, 2.75) is 6.92 Å². The number of halogens is 1. The number of nitrogens with two attached hydrogens (primary N) is 1. The number of anilines is 1. The number of rotatable bonds is 2. The molecule has 94 valence electrons. The Morgan fingerprint density at radius 2 is 2.22 bits per heavy atom. The molecule has 2 rings (SSSR count). The second-order valence-electron chi connectivity index (χ2n) is 3.53. The molecular weight excluding hydrogens is 258 g/mol. The van der Waals surface area contributed by atoms with E-state index in [1.807, 2.05) is 0 Å². The molecule has 0 aromatic carbocycles. The highest BCUT2D eigenvalue weighted by molar-refractivity contribution is 6.32. The van der Waals surface area contributed by atoms with Gasteiger partial charge in [-0.2, -0.15) is 0 Å². The van der Waals surface area contributed by atoms with Crippen LogP contribution in [0.25, 0.3) is 11.3 Å². The quantitative estimate of drug-likeness (QED) is 0.838. The molecule has 0 unspecified atom stereocenters. The van der Waals surface area contributed by atoms with E-state index in [0.717, 1.165) is 0 Å². The molecule has 2 heterocycles. The van der Waals surface area contributed by atoms with E-state index in [0.29, 0.717) is 17.0 Å². The summed E-state index contributed by atoms with van der Waals surface area (Å²) in [7, 11) is 1.23. The molecule has 0 radical (unpaired) electrons. The molecule has 0 amide bonds. The van der Waals surface area contributed by atoms with Crippen molar-refractivity contribution in [1.82, 2.24) is 9.97 Å². The second kappa shape index (κ2) is 4.66. The van der Waals surface area contributed by atoms with Crippen molar-refractivity contribution >= 4 is 23.4 Å². The molecule has 0 saturated carbocycles. The summed E-state index contributed by atoms with van der Waals surface area (Å²) in [5, 5.41) is 0.0606. The van der Waals surface area contributed by atoms with Crippen LogP contribution in [0.3, 0.4) is 0 Å². The molecule has 2 aromatic heterocycles. The van der Waals surface area contributed by atoms with Gasteiger partial charge in [-0.1, -0.05) is 11.6 Å². The Morgan fingerprint density at radius 1 is 1.50 bits per heavy atom. The lowest BCUT2D eigenvalue weighted by Gasteiger charge is -2.05. The average molecular weight is 268 g/mol. The number of hydrogen-bond acceptors (Lipinski definition) is 6. The first kappa shape index (κ1) is 12.4. The molecule has 6 nitrogen and oxygen atoms in total. The maximum Gasteiger partial charge on any atom is 0.360 e. The van der Waals surface area contributed by atoms with E-state index < -0.39 is 5.97 Å². The first-order valence-corrected chi connectivity index (χ1v) is 5.37. The van der Waals surface area contributed by atoms with Gasteiger partial charge in [-0.3, -0.25) is 0 Å². The number of ether oxygens (including phenoxy) is 1. The first-order chi connectivity index (χ1) is 8.52. The highest BCUT2D eigenvalue weighted by Crippen LogP contribution is 2.28. The van der Waals surface area contributed by atoms with Gasteiger partial charge in [0.1, 0.15) is 17.7 Å². The van der Waals surface area contributed by atoms with E-state index >= 15 is 0 Å². The standard InChI is InChI=1S/C11H10ClN3O3/c1-5-3-6(4-18-5)7-9(12)14-8(10(13)15-7)11(16)17-2/h3-4H,1-2H3,(H2,13,15). The van der Waals surface area contributed by atoms with Crippen LogP contribution in [-0.2, 0) is 4.74 Å². The third kappa shape index (κ3) is 2.14. The first-order valence-electron chi connectivity index (χ1n) is 4.99. The van der Waals surface area contributed by atoms with Crippen molar-refractivity contribution in [1.29, 1.82) is 0 Å². The van der Waals surface area contributed by atoms with Crippen LogP contribution in [0.4, 0.5) is 5.82 Å². The molecule has 2 aromatic rings. The fraction of sp³-hybridized carbons (Fsp3) is 0.182. The fourth-order valence-electron chi connectivity index (χ4n) is 1.43. The maximum atomic E-state index is 11.4. The van der Waals surface area contributed by atoms with Gasteiger partial charge in [-0.25, -0.2) is 14.8 Å². The van der Waals surface area contributed by atoms with Crippen LogP contribution in [0, 0.1) is 6.92 Å². The largest absolute Gasteiger partial charge is 0.469 e. The number of carbonyl (C=O) groups excluding carboxylic acids is 1. The van der Waals surface area contributed by atoms with Crippen molar-refractivity contribution in [3.05, 3.63) is 28.9 Å². The van der Waals surface area contributed by atoms with Gasteiger partial charge in [-0.15, -0.1) is 0 Å². The van der Waals surface area contributed by atoms with Crippen molar-refractivity contribution in [3.8, 4) is 11.3 Å². The SMILES string of the molecule is COC(=O)c1nc(Cl)c(-c2coc(C)c2)nc1N. The zero-order valence-corrected chi connectivity index (χ0v) is 10.5. The van der Waals surface area contributed by atoms with Gasteiger partial charge >= 0.3 is 5.97 Å². The minimum atomic E-state index is -0.683. The zero-order valence-electron chi connectivity index (χ0n) is 9.73. The molecule has 18 heavy (non-hydrogen) atoms. The summed E-state index contributed by atoms with van der Waals surface area (Å²) >= 11 is 5.97. The van der Waals surface area contributed by atoms with E-state index in [2.05, 4.69) is 14.7 Å². The van der Waals surface area contributed by atoms with Crippen LogP contribution >= 0.6 is 11.6 Å². The number of esters is 1. The van der Waals surface area contributed by atoms with Crippen LogP contribution in [-0.4, -0.2) is 23.0 Å². The Labute approximate surface area is 108 Å². The monoisotopic (exact) mass is 267 g/mol. The molecule has 0 saturated heterocycles. The van der Waals surface area contributed by atoms with Crippen molar-refractivity contribution in [3.63, 3.8) is 0 Å². The Bertz CT molecular complexity index is 610. The van der Waals surface area contributed by atoms with E-state index in [1.165, 1.54) is 13.4 Å². The Morgan fingerprint density at radius 3 is 2.78 bits per heavy atom. The fourth-order valence-corrected chi connectivity index (χ4v) is 1.66. The average Bonchev–Trinajstić information content (AvgIpc) is 2.77. The molecule has 7 heteroatoms. The molecule has 0 atom stereocenters. The summed E-state index contributed by atoms with van der Waals surface area (Å²) < 4.78 is 9.68. The predicted molar refractivity (Wildman–Crippen MR) is 65.2 cm³/mol. The Hall–Kier alpha value is -2.08. The third-order valence-corrected chi connectivity index (χ3v) is 2.53. The number of furan rings is 1. The normalized spacial score (nSPS) is 10.4. The number of methoxy groups -OCH3 is 1. The number of carbonyl (C=O) groups is 1. The molecule has 0 bridgehead atoms. The Kier molecular flexibility index (Phi) is 3.20. The molecule has 0 spiro atoms. The third-order valence-electron chi connectivity index (χ3n) is 2.26. The van der Waals surface area contributed by atoms with Gasteiger partial charge in [-0.05, 0) is 13.0 Å². The van der Waals surface area contributed by atoms with Gasteiger partial charge in [0.05, 0.1) is 7.11 Å². The van der Waals surface area contributed by atoms with E-state index in [9.17, 15) is 4.79 Å². The highest BCUT2D eigenvalue weighted by atomic mass is 35.5. The van der Waals surface area contributed by atoms with E-state index in [-0.39, 0.29) is 16.7 Å². The highest BCUT2D eigenvalue weighted by Gasteiger charge is 2.18. The summed E-state index contributed by atoms with van der Waals surface area (Å²) in [4.78, 5) is 19.3. The second-order valence-corrected chi connectivity index (χ2v) is 3.89. The lowest BCUT2D eigenvalue weighted by atomic mass is 10.2. The van der Waals surface area contributed by atoms with Crippen LogP contribution in [0.5, 0.6) is 0 Å². The van der Waals surface area contributed by atoms with Gasteiger partial charge in [0, 0.05) is 5.56 Å². The van der Waals surface area contributed by atoms with Gasteiger partial charge in [0.15, 0.2) is 16.7 Å². The summed E-state index contributed by atoms with van der Waals surface area (Å²) in [5.41, 5.74) is 6.55. The number of aromatic nitrogens is 2. The predicted octanol–water partition coefficient (Wildman–Crippen LogP) is 2.07. The van der Waals surface area contributed by atoms with Crippen molar-refractivity contribution in [2.75, 3.05) is 12.8 Å². The smallest absolute Gasteiger partial charge is 0.360 e. The molecule has 0 aliphatic carbocycles. The van der Waals surface area contributed by atoms with Crippen LogP contribution < -0.4 is 5.73 Å².